The second-order valence-electron chi connectivity index (χ2n) is 4.91. The van der Waals surface area contributed by atoms with Crippen molar-refractivity contribution in [2.24, 2.45) is 0 Å². The molecular formula is C13H16Cl2F4N2O2. The van der Waals surface area contributed by atoms with Crippen molar-refractivity contribution in [3.8, 4) is 11.5 Å². The van der Waals surface area contributed by atoms with Crippen LogP contribution in [0, 0.1) is 0 Å². The highest BCUT2D eigenvalue weighted by molar-refractivity contribution is 5.85. The van der Waals surface area contributed by atoms with Gasteiger partial charge in [0, 0.05) is 31.7 Å². The lowest BCUT2D eigenvalue weighted by Crippen LogP contribution is -2.47. The van der Waals surface area contributed by atoms with Crippen molar-refractivity contribution in [3.63, 3.8) is 0 Å². The summed E-state index contributed by atoms with van der Waals surface area (Å²) < 4.78 is 62.0. The van der Waals surface area contributed by atoms with Crippen LogP contribution in [-0.4, -0.2) is 43.8 Å². The average molecular weight is 379 g/mol. The summed E-state index contributed by atoms with van der Waals surface area (Å²) in [4.78, 5) is 1.57. The van der Waals surface area contributed by atoms with Crippen LogP contribution in [0.15, 0.2) is 18.2 Å². The third-order valence-corrected chi connectivity index (χ3v) is 3.56. The number of nitrogens with zero attached hydrogens (tertiary/aromatic N) is 1. The van der Waals surface area contributed by atoms with E-state index in [4.69, 9.17) is 0 Å². The zero-order chi connectivity index (χ0) is 15.0. The quantitative estimate of drug-likeness (QED) is 0.819. The third-order valence-electron chi connectivity index (χ3n) is 3.56. The van der Waals surface area contributed by atoms with Crippen LogP contribution in [0.2, 0.25) is 0 Å². The van der Waals surface area contributed by atoms with Gasteiger partial charge >= 0.3 is 6.29 Å². The Labute approximate surface area is 142 Å². The van der Waals surface area contributed by atoms with Gasteiger partial charge in [-0.3, -0.25) is 4.90 Å². The second kappa shape index (κ2) is 7.74. The van der Waals surface area contributed by atoms with Gasteiger partial charge in [0.25, 0.3) is 6.43 Å². The fourth-order valence-electron chi connectivity index (χ4n) is 2.68. The molecular weight excluding hydrogens is 363 g/mol. The van der Waals surface area contributed by atoms with Crippen molar-refractivity contribution in [1.29, 1.82) is 0 Å². The van der Waals surface area contributed by atoms with Crippen molar-refractivity contribution in [2.45, 2.75) is 18.8 Å². The van der Waals surface area contributed by atoms with E-state index in [1.54, 1.807) is 4.90 Å². The van der Waals surface area contributed by atoms with E-state index in [-0.39, 0.29) is 41.9 Å². The van der Waals surface area contributed by atoms with E-state index in [1.165, 1.54) is 18.2 Å². The van der Waals surface area contributed by atoms with Crippen LogP contribution in [-0.2, 0) is 0 Å². The van der Waals surface area contributed by atoms with Gasteiger partial charge in [-0.2, -0.15) is 0 Å². The third kappa shape index (κ3) is 4.12. The van der Waals surface area contributed by atoms with Gasteiger partial charge < -0.3 is 14.8 Å². The molecule has 1 atom stereocenters. The monoisotopic (exact) mass is 378 g/mol. The molecule has 0 amide bonds. The fraction of sp³-hybridized carbons (Fsp3) is 0.538. The SMILES string of the molecule is Cl.Cl.FC(F)[C@@H](c1cccc2c1OC(F)(F)O2)N1CCNCC1. The summed E-state index contributed by atoms with van der Waals surface area (Å²) in [6, 6.07) is 2.78. The number of fused-ring (bicyclic) bond motifs is 1. The van der Waals surface area contributed by atoms with Gasteiger partial charge in [0.15, 0.2) is 11.5 Å². The zero-order valence-corrected chi connectivity index (χ0v) is 13.4. The summed E-state index contributed by atoms with van der Waals surface area (Å²) in [6.45, 7) is 1.98. The number of para-hydroxylation sites is 1. The lowest BCUT2D eigenvalue weighted by atomic mass is 10.0. The maximum atomic E-state index is 13.5. The van der Waals surface area contributed by atoms with Gasteiger partial charge in [-0.05, 0) is 6.07 Å². The number of piperazine rings is 1. The average Bonchev–Trinajstić information content (AvgIpc) is 2.75. The molecule has 1 N–H and O–H groups in total. The minimum absolute atomic E-state index is 0. The molecule has 2 heterocycles. The number of benzene rings is 1. The van der Waals surface area contributed by atoms with Crippen molar-refractivity contribution < 1.29 is 27.0 Å². The Kier molecular flexibility index (Phi) is 6.76. The first-order valence-corrected chi connectivity index (χ1v) is 6.59. The topological polar surface area (TPSA) is 33.7 Å². The van der Waals surface area contributed by atoms with Crippen LogP contribution in [0.3, 0.4) is 0 Å². The molecule has 0 bridgehead atoms. The molecule has 3 rings (SSSR count). The van der Waals surface area contributed by atoms with Crippen LogP contribution in [0.5, 0.6) is 11.5 Å². The molecule has 0 aromatic heterocycles. The minimum atomic E-state index is -3.81. The normalized spacial score (nSPS) is 20.6. The zero-order valence-electron chi connectivity index (χ0n) is 11.8. The van der Waals surface area contributed by atoms with E-state index < -0.39 is 18.8 Å². The molecule has 10 heteroatoms. The number of hydrogen-bond acceptors (Lipinski definition) is 4. The lowest BCUT2D eigenvalue weighted by Gasteiger charge is -2.34. The number of ether oxygens (including phenoxy) is 2. The molecule has 0 saturated carbocycles. The highest BCUT2D eigenvalue weighted by Gasteiger charge is 2.46. The second-order valence-corrected chi connectivity index (χ2v) is 4.91. The van der Waals surface area contributed by atoms with Crippen molar-refractivity contribution in [3.05, 3.63) is 23.8 Å². The molecule has 2 aliphatic heterocycles. The van der Waals surface area contributed by atoms with Gasteiger partial charge in [-0.1, -0.05) is 12.1 Å². The van der Waals surface area contributed by atoms with E-state index in [2.05, 4.69) is 14.8 Å². The van der Waals surface area contributed by atoms with E-state index in [1.807, 2.05) is 0 Å². The molecule has 0 spiro atoms. The Morgan fingerprint density at radius 2 is 1.74 bits per heavy atom. The summed E-state index contributed by atoms with van der Waals surface area (Å²) >= 11 is 0. The van der Waals surface area contributed by atoms with E-state index in [0.29, 0.717) is 26.2 Å². The smallest absolute Gasteiger partial charge is 0.395 e. The summed E-state index contributed by atoms with van der Waals surface area (Å²) in [5, 5.41) is 3.06. The van der Waals surface area contributed by atoms with Crippen LogP contribution < -0.4 is 14.8 Å². The number of halogens is 6. The highest BCUT2D eigenvalue weighted by Crippen LogP contribution is 2.47. The molecule has 1 aromatic rings. The molecule has 1 saturated heterocycles. The first-order valence-electron chi connectivity index (χ1n) is 6.59. The van der Waals surface area contributed by atoms with Crippen LogP contribution in [0.4, 0.5) is 17.6 Å². The van der Waals surface area contributed by atoms with E-state index in [9.17, 15) is 17.6 Å². The maximum Gasteiger partial charge on any atom is 0.586 e. The Bertz CT molecular complexity index is 531. The molecule has 0 aliphatic carbocycles. The Morgan fingerprint density at radius 3 is 2.35 bits per heavy atom. The number of hydrogen-bond donors (Lipinski definition) is 1. The van der Waals surface area contributed by atoms with Gasteiger partial charge in [-0.15, -0.1) is 33.6 Å². The number of nitrogens with one attached hydrogen (secondary N) is 1. The Hall–Kier alpha value is -0.960. The molecule has 0 radical (unpaired) electrons. The molecule has 2 aliphatic rings. The van der Waals surface area contributed by atoms with Crippen molar-refractivity contribution in [2.75, 3.05) is 26.2 Å². The molecule has 1 aromatic carbocycles. The first kappa shape index (κ1) is 20.1. The minimum Gasteiger partial charge on any atom is -0.395 e. The predicted octanol–water partition coefficient (Wildman–Crippen LogP) is 3.06. The van der Waals surface area contributed by atoms with Crippen molar-refractivity contribution >= 4 is 24.8 Å². The summed E-state index contributed by atoms with van der Waals surface area (Å²) in [5.74, 6) is -0.510. The first-order chi connectivity index (χ1) is 9.98. The molecule has 0 unspecified atom stereocenters. The van der Waals surface area contributed by atoms with Crippen molar-refractivity contribution in [1.82, 2.24) is 10.2 Å². The summed E-state index contributed by atoms with van der Waals surface area (Å²) in [7, 11) is 0. The number of rotatable bonds is 3. The Balaban J connectivity index is 0.00000132. The van der Waals surface area contributed by atoms with Gasteiger partial charge in [0.05, 0.1) is 0 Å². The van der Waals surface area contributed by atoms with Gasteiger partial charge in [-0.25, -0.2) is 8.78 Å². The van der Waals surface area contributed by atoms with Crippen LogP contribution in [0.25, 0.3) is 0 Å². The highest BCUT2D eigenvalue weighted by atomic mass is 35.5. The standard InChI is InChI=1S/C13H14F4N2O2.2ClH/c14-12(15)10(19-6-4-18-5-7-19)8-2-1-3-9-11(8)21-13(16,17)20-9;;/h1-3,10,12,18H,4-7H2;2*1H/t10-;;/m1../s1. The van der Waals surface area contributed by atoms with Gasteiger partial charge in [0.2, 0.25) is 0 Å². The Morgan fingerprint density at radius 1 is 1.09 bits per heavy atom. The molecule has 132 valence electrons. The fourth-order valence-corrected chi connectivity index (χ4v) is 2.68. The van der Waals surface area contributed by atoms with E-state index in [0.717, 1.165) is 0 Å². The van der Waals surface area contributed by atoms with Gasteiger partial charge in [0.1, 0.15) is 6.04 Å². The summed E-state index contributed by atoms with van der Waals surface area (Å²) in [6.07, 6.45) is -6.53. The largest absolute Gasteiger partial charge is 0.586 e. The van der Waals surface area contributed by atoms with Crippen LogP contribution in [0.1, 0.15) is 11.6 Å². The van der Waals surface area contributed by atoms with Crippen LogP contribution >= 0.6 is 24.8 Å². The summed E-state index contributed by atoms with van der Waals surface area (Å²) in [5.41, 5.74) is 0.0292. The molecule has 4 nitrogen and oxygen atoms in total. The number of alkyl halides is 4. The lowest BCUT2D eigenvalue weighted by molar-refractivity contribution is -0.287. The molecule has 1 fully saturated rings. The molecule has 23 heavy (non-hydrogen) atoms. The maximum absolute atomic E-state index is 13.5. The predicted molar refractivity (Wildman–Crippen MR) is 80.3 cm³/mol. The van der Waals surface area contributed by atoms with E-state index >= 15 is 0 Å².